The summed E-state index contributed by atoms with van der Waals surface area (Å²) in [7, 11) is 0. The average molecular weight is 273 g/mol. The normalized spacial score (nSPS) is 10.9. The average Bonchev–Trinajstić information content (AvgIpc) is 2.27. The second-order valence-electron chi connectivity index (χ2n) is 3.62. The van der Waals surface area contributed by atoms with E-state index in [-0.39, 0.29) is 12.2 Å². The van der Waals surface area contributed by atoms with Crippen molar-refractivity contribution in [3.63, 3.8) is 0 Å². The van der Waals surface area contributed by atoms with Gasteiger partial charge in [0.15, 0.2) is 0 Å². The Labute approximate surface area is 107 Å². The Hall–Kier alpha value is -2.23. The Morgan fingerprint density at radius 2 is 2.11 bits per heavy atom. The predicted octanol–water partition coefficient (Wildman–Crippen LogP) is 2.39. The number of rotatable bonds is 3. The van der Waals surface area contributed by atoms with Crippen LogP contribution >= 0.6 is 0 Å². The van der Waals surface area contributed by atoms with Crippen molar-refractivity contribution in [2.24, 2.45) is 0 Å². The highest BCUT2D eigenvalue weighted by Crippen LogP contribution is 2.35. The number of phenols is 1. The summed E-state index contributed by atoms with van der Waals surface area (Å²) in [6, 6.07) is 2.81. The van der Waals surface area contributed by atoms with Gasteiger partial charge in [-0.2, -0.15) is 18.4 Å². The maximum atomic E-state index is 12.7. The van der Waals surface area contributed by atoms with Crippen LogP contribution in [0.5, 0.6) is 5.75 Å². The molecule has 0 aliphatic carbocycles. The van der Waals surface area contributed by atoms with Crippen molar-refractivity contribution in [1.29, 1.82) is 5.26 Å². The molecular formula is C12H10F3NO3. The first-order chi connectivity index (χ1) is 8.79. The zero-order chi connectivity index (χ0) is 14.6. The van der Waals surface area contributed by atoms with Gasteiger partial charge in [0.1, 0.15) is 11.8 Å². The molecule has 102 valence electrons. The van der Waals surface area contributed by atoms with E-state index in [0.29, 0.717) is 6.07 Å². The molecule has 0 bridgehead atoms. The number of ether oxygens (including phenoxy) is 1. The molecule has 19 heavy (non-hydrogen) atoms. The second-order valence-corrected chi connectivity index (χ2v) is 3.62. The van der Waals surface area contributed by atoms with Gasteiger partial charge >= 0.3 is 12.1 Å². The van der Waals surface area contributed by atoms with Crippen molar-refractivity contribution in [2.75, 3.05) is 6.61 Å². The smallest absolute Gasteiger partial charge is 0.417 e. The van der Waals surface area contributed by atoms with Gasteiger partial charge in [-0.15, -0.1) is 0 Å². The van der Waals surface area contributed by atoms with Crippen LogP contribution in [0.15, 0.2) is 12.1 Å². The molecule has 0 radical (unpaired) electrons. The van der Waals surface area contributed by atoms with Crippen molar-refractivity contribution in [3.8, 4) is 11.8 Å². The molecule has 0 aliphatic heterocycles. The highest BCUT2D eigenvalue weighted by molar-refractivity contribution is 5.74. The van der Waals surface area contributed by atoms with E-state index in [4.69, 9.17) is 5.26 Å². The van der Waals surface area contributed by atoms with Gasteiger partial charge in [-0.3, -0.25) is 4.79 Å². The minimum Gasteiger partial charge on any atom is -0.508 e. The number of benzene rings is 1. The molecular weight excluding hydrogens is 263 g/mol. The van der Waals surface area contributed by atoms with E-state index < -0.39 is 35.4 Å². The molecule has 0 amide bonds. The molecule has 0 aliphatic rings. The van der Waals surface area contributed by atoms with Crippen LogP contribution in [-0.4, -0.2) is 17.7 Å². The zero-order valence-electron chi connectivity index (χ0n) is 9.91. The first kappa shape index (κ1) is 14.8. The van der Waals surface area contributed by atoms with Gasteiger partial charge in [-0.1, -0.05) is 0 Å². The molecule has 0 fully saturated rings. The molecule has 4 nitrogen and oxygen atoms in total. The summed E-state index contributed by atoms with van der Waals surface area (Å²) in [6.07, 6.45) is -5.29. The lowest BCUT2D eigenvalue weighted by Crippen LogP contribution is -2.13. The van der Waals surface area contributed by atoms with Crippen LogP contribution in [0.2, 0.25) is 0 Å². The van der Waals surface area contributed by atoms with E-state index in [1.54, 1.807) is 6.92 Å². The van der Waals surface area contributed by atoms with Crippen molar-refractivity contribution < 1.29 is 27.8 Å². The summed E-state index contributed by atoms with van der Waals surface area (Å²) in [5.41, 5.74) is -2.17. The number of carbonyl (C=O) groups is 1. The van der Waals surface area contributed by atoms with E-state index in [0.717, 1.165) is 6.07 Å². The highest BCUT2D eigenvalue weighted by Gasteiger charge is 2.35. The number of halogens is 3. The number of hydrogen-bond donors (Lipinski definition) is 1. The molecule has 0 saturated carbocycles. The fourth-order valence-corrected chi connectivity index (χ4v) is 1.55. The molecule has 0 aromatic heterocycles. The summed E-state index contributed by atoms with van der Waals surface area (Å²) < 4.78 is 42.7. The number of phenolic OH excluding ortho intramolecular Hbond substituents is 1. The quantitative estimate of drug-likeness (QED) is 0.858. The number of carbonyl (C=O) groups excluding carboxylic acids is 1. The van der Waals surface area contributed by atoms with Gasteiger partial charge in [0.25, 0.3) is 0 Å². The van der Waals surface area contributed by atoms with Crippen molar-refractivity contribution in [2.45, 2.75) is 19.5 Å². The molecule has 7 heteroatoms. The third-order valence-corrected chi connectivity index (χ3v) is 2.26. The summed E-state index contributed by atoms with van der Waals surface area (Å²) in [4.78, 5) is 11.3. The molecule has 0 spiro atoms. The molecule has 0 saturated heterocycles. The van der Waals surface area contributed by atoms with Crippen LogP contribution in [0.1, 0.15) is 23.6 Å². The van der Waals surface area contributed by atoms with Crippen LogP contribution in [0.25, 0.3) is 0 Å². The van der Waals surface area contributed by atoms with Crippen LogP contribution in [0.4, 0.5) is 13.2 Å². The number of esters is 1. The van der Waals surface area contributed by atoms with E-state index in [1.807, 2.05) is 0 Å². The van der Waals surface area contributed by atoms with Crippen LogP contribution in [-0.2, 0) is 22.1 Å². The van der Waals surface area contributed by atoms with Gasteiger partial charge in [-0.25, -0.2) is 0 Å². The second kappa shape index (κ2) is 5.61. The Morgan fingerprint density at radius 1 is 1.47 bits per heavy atom. The monoisotopic (exact) mass is 273 g/mol. The van der Waals surface area contributed by atoms with Gasteiger partial charge in [-0.05, 0) is 24.6 Å². The Bertz CT molecular complexity index is 532. The van der Waals surface area contributed by atoms with Crippen molar-refractivity contribution >= 4 is 5.97 Å². The standard InChI is InChI=1S/C12H10F3NO3/c1-2-19-11(18)4-7-3-8(17)5-10(9(7)6-16)12(13,14)15/h3,5,17H,2,4H2,1H3. The fraction of sp³-hybridized carbons (Fsp3) is 0.333. The van der Waals surface area contributed by atoms with E-state index in [9.17, 15) is 23.1 Å². The highest BCUT2D eigenvalue weighted by atomic mass is 19.4. The van der Waals surface area contributed by atoms with Crippen LogP contribution in [0, 0.1) is 11.3 Å². The molecule has 0 unspecified atom stereocenters. The lowest BCUT2D eigenvalue weighted by Gasteiger charge is -2.12. The number of nitrogens with zero attached hydrogens (tertiary/aromatic N) is 1. The van der Waals surface area contributed by atoms with Gasteiger partial charge in [0, 0.05) is 0 Å². The topological polar surface area (TPSA) is 70.3 Å². The predicted molar refractivity (Wildman–Crippen MR) is 58.2 cm³/mol. The minimum atomic E-state index is -4.78. The van der Waals surface area contributed by atoms with Crippen LogP contribution < -0.4 is 0 Å². The Kier molecular flexibility index (Phi) is 4.38. The van der Waals surface area contributed by atoms with Crippen molar-refractivity contribution in [1.82, 2.24) is 0 Å². The van der Waals surface area contributed by atoms with Gasteiger partial charge < -0.3 is 9.84 Å². The Morgan fingerprint density at radius 3 is 2.58 bits per heavy atom. The van der Waals surface area contributed by atoms with Gasteiger partial charge in [0.2, 0.25) is 0 Å². The Balaban J connectivity index is 3.29. The third kappa shape index (κ3) is 3.61. The van der Waals surface area contributed by atoms with Gasteiger partial charge in [0.05, 0.1) is 24.2 Å². The molecule has 1 N–H and O–H groups in total. The van der Waals surface area contributed by atoms with Crippen LogP contribution in [0.3, 0.4) is 0 Å². The SMILES string of the molecule is CCOC(=O)Cc1cc(O)cc(C(F)(F)F)c1C#N. The third-order valence-electron chi connectivity index (χ3n) is 2.26. The number of alkyl halides is 3. The maximum absolute atomic E-state index is 12.7. The van der Waals surface area contributed by atoms with E-state index in [1.165, 1.54) is 6.07 Å². The molecule has 0 heterocycles. The summed E-state index contributed by atoms with van der Waals surface area (Å²) in [5.74, 6) is -1.43. The summed E-state index contributed by atoms with van der Waals surface area (Å²) in [5, 5.41) is 18.1. The lowest BCUT2D eigenvalue weighted by molar-refractivity contribution is -0.142. The first-order valence-corrected chi connectivity index (χ1v) is 5.28. The van der Waals surface area contributed by atoms with E-state index >= 15 is 0 Å². The number of nitriles is 1. The fourth-order valence-electron chi connectivity index (χ4n) is 1.55. The lowest BCUT2D eigenvalue weighted by atomic mass is 9.98. The summed E-state index contributed by atoms with van der Waals surface area (Å²) >= 11 is 0. The maximum Gasteiger partial charge on any atom is 0.417 e. The largest absolute Gasteiger partial charge is 0.508 e. The zero-order valence-corrected chi connectivity index (χ0v) is 9.91. The molecule has 1 rings (SSSR count). The summed E-state index contributed by atoms with van der Waals surface area (Å²) in [6.45, 7) is 1.62. The minimum absolute atomic E-state index is 0.0751. The molecule has 1 aromatic carbocycles. The molecule has 1 aromatic rings. The number of aromatic hydroxyl groups is 1. The van der Waals surface area contributed by atoms with E-state index in [2.05, 4.69) is 4.74 Å². The number of hydrogen-bond acceptors (Lipinski definition) is 4. The first-order valence-electron chi connectivity index (χ1n) is 5.28. The van der Waals surface area contributed by atoms with Crippen molar-refractivity contribution in [3.05, 3.63) is 28.8 Å². The molecule has 0 atom stereocenters.